The number of carbonyl (C=O) groups excluding carboxylic acids is 3. The molecule has 0 radical (unpaired) electrons. The van der Waals surface area contributed by atoms with Gasteiger partial charge in [-0.25, -0.2) is 0 Å². The molecule has 0 aliphatic carbocycles. The van der Waals surface area contributed by atoms with Crippen molar-refractivity contribution < 1.29 is 38.1 Å². The number of benzene rings is 1. The summed E-state index contributed by atoms with van der Waals surface area (Å²) < 4.78 is 28.5. The van der Waals surface area contributed by atoms with Gasteiger partial charge in [0.15, 0.2) is 0 Å². The summed E-state index contributed by atoms with van der Waals surface area (Å²) in [5.74, 6) is -2.60. The number of nitrogens with zero attached hydrogens (tertiary/aromatic N) is 1. The number of ether oxygens (including phenoxy) is 5. The molecule has 9 nitrogen and oxygen atoms in total. The molecule has 0 amide bonds. The number of unbranched alkanes of at least 4 members (excludes halogenated alkanes) is 18. The maximum atomic E-state index is 13.7. The molecule has 0 N–H and O–H groups in total. The first-order chi connectivity index (χ1) is 29.0. The van der Waals surface area contributed by atoms with E-state index in [9.17, 15) is 19.6 Å². The highest BCUT2D eigenvalue weighted by Gasteiger charge is 2.40. The molecule has 0 aliphatic rings. The van der Waals surface area contributed by atoms with Crippen LogP contribution in [-0.2, 0) is 44.7 Å². The summed E-state index contributed by atoms with van der Waals surface area (Å²) in [7, 11) is 0. The van der Waals surface area contributed by atoms with Crippen LogP contribution >= 0.6 is 0 Å². The van der Waals surface area contributed by atoms with E-state index in [1.165, 1.54) is 103 Å². The summed E-state index contributed by atoms with van der Waals surface area (Å²) >= 11 is 0. The van der Waals surface area contributed by atoms with Gasteiger partial charge in [-0.15, -0.1) is 0 Å². The topological polar surface area (TPSA) is 121 Å². The molecule has 1 rings (SSSR count). The van der Waals surface area contributed by atoms with Gasteiger partial charge in [-0.05, 0) is 64.9 Å². The zero-order valence-electron chi connectivity index (χ0n) is 39.2. The predicted octanol–water partition coefficient (Wildman–Crippen LogP) is 13.1. The van der Waals surface area contributed by atoms with Crippen LogP contribution in [0.3, 0.4) is 0 Å². The molecule has 0 bridgehead atoms. The highest BCUT2D eigenvalue weighted by molar-refractivity contribution is 5.78. The first-order valence-corrected chi connectivity index (χ1v) is 24.1. The van der Waals surface area contributed by atoms with Gasteiger partial charge in [-0.1, -0.05) is 167 Å². The minimum atomic E-state index is -1.03. The smallest absolute Gasteiger partial charge is 0.312 e. The van der Waals surface area contributed by atoms with E-state index in [2.05, 4.69) is 19.9 Å². The Labute approximate surface area is 366 Å². The molecule has 0 saturated carbocycles. The van der Waals surface area contributed by atoms with Crippen molar-refractivity contribution in [3.63, 3.8) is 0 Å². The fraction of sp³-hybridized carbons (Fsp3) is 0.804. The van der Waals surface area contributed by atoms with Gasteiger partial charge in [0.25, 0.3) is 0 Å². The van der Waals surface area contributed by atoms with Crippen molar-refractivity contribution in [3.8, 4) is 6.07 Å². The van der Waals surface area contributed by atoms with E-state index in [0.717, 1.165) is 37.9 Å². The molecular formula is C51H87NO8. The van der Waals surface area contributed by atoms with Crippen LogP contribution in [0.1, 0.15) is 201 Å². The third-order valence-corrected chi connectivity index (χ3v) is 11.8. The molecule has 1 aromatic rings. The second-order valence-corrected chi connectivity index (χ2v) is 17.9. The van der Waals surface area contributed by atoms with Crippen LogP contribution in [0.2, 0.25) is 0 Å². The summed E-state index contributed by atoms with van der Waals surface area (Å²) in [4.78, 5) is 40.5. The predicted molar refractivity (Wildman–Crippen MR) is 242 cm³/mol. The molecule has 344 valence electrons. The zero-order chi connectivity index (χ0) is 44.2. The fourth-order valence-corrected chi connectivity index (χ4v) is 7.58. The zero-order valence-corrected chi connectivity index (χ0v) is 39.2. The molecule has 0 fully saturated rings. The van der Waals surface area contributed by atoms with Gasteiger partial charge >= 0.3 is 17.9 Å². The standard InChI is InChI=1S/C51H87NO8/c1-7-10-12-14-16-18-20-22-24-29-33-56-35-36-57-37-38-59-48(54)50(4,5)41-46(47(53)58-34-30-25-23-21-19-17-15-13-11-8-2)39-45(42-52)40-51(6,9-3)49(55)60-43-44-31-27-26-28-32-44/h26-28,31-32,45-46H,7-25,29-30,33-41,43H2,1-6H3. The van der Waals surface area contributed by atoms with Crippen LogP contribution in [0.25, 0.3) is 0 Å². The molecule has 9 heteroatoms. The highest BCUT2D eigenvalue weighted by Crippen LogP contribution is 2.37. The monoisotopic (exact) mass is 842 g/mol. The lowest BCUT2D eigenvalue weighted by Crippen LogP contribution is -2.35. The number of hydrogen-bond acceptors (Lipinski definition) is 9. The Bertz CT molecular complexity index is 1260. The highest BCUT2D eigenvalue weighted by atomic mass is 16.6. The van der Waals surface area contributed by atoms with Gasteiger partial charge in [-0.2, -0.15) is 5.26 Å². The summed E-state index contributed by atoms with van der Waals surface area (Å²) in [5.41, 5.74) is -1.07. The van der Waals surface area contributed by atoms with Gasteiger partial charge in [-0.3, -0.25) is 14.4 Å². The maximum Gasteiger partial charge on any atom is 0.312 e. The van der Waals surface area contributed by atoms with E-state index >= 15 is 0 Å². The Morgan fingerprint density at radius 3 is 1.57 bits per heavy atom. The van der Waals surface area contributed by atoms with Crippen LogP contribution in [0.15, 0.2) is 30.3 Å². The maximum absolute atomic E-state index is 13.7. The lowest BCUT2D eigenvalue weighted by molar-refractivity contribution is -0.159. The van der Waals surface area contributed by atoms with Gasteiger partial charge < -0.3 is 23.7 Å². The molecule has 0 saturated heterocycles. The van der Waals surface area contributed by atoms with E-state index < -0.39 is 34.6 Å². The van der Waals surface area contributed by atoms with Gasteiger partial charge in [0.1, 0.15) is 13.2 Å². The molecule has 3 atom stereocenters. The lowest BCUT2D eigenvalue weighted by Gasteiger charge is -2.31. The average Bonchev–Trinajstić information content (AvgIpc) is 3.25. The fourth-order valence-electron chi connectivity index (χ4n) is 7.58. The van der Waals surface area contributed by atoms with Crippen molar-refractivity contribution in [1.82, 2.24) is 0 Å². The number of rotatable bonds is 40. The van der Waals surface area contributed by atoms with Crippen LogP contribution in [0, 0.1) is 34.0 Å². The Hall–Kier alpha value is -2.96. The molecule has 0 aromatic heterocycles. The number of carbonyl (C=O) groups is 3. The molecule has 3 unspecified atom stereocenters. The van der Waals surface area contributed by atoms with Crippen molar-refractivity contribution in [2.24, 2.45) is 22.7 Å². The van der Waals surface area contributed by atoms with Gasteiger partial charge in [0.05, 0.1) is 49.2 Å². The second-order valence-electron chi connectivity index (χ2n) is 17.9. The third-order valence-electron chi connectivity index (χ3n) is 11.8. The Balaban J connectivity index is 2.65. The van der Waals surface area contributed by atoms with E-state index in [4.69, 9.17) is 23.7 Å². The van der Waals surface area contributed by atoms with Crippen molar-refractivity contribution >= 4 is 17.9 Å². The summed E-state index contributed by atoms with van der Waals surface area (Å²) in [6.45, 7) is 14.2. The first kappa shape index (κ1) is 55.1. The van der Waals surface area contributed by atoms with Crippen LogP contribution in [0.4, 0.5) is 0 Å². The van der Waals surface area contributed by atoms with E-state index in [1.807, 2.05) is 44.2 Å². The lowest BCUT2D eigenvalue weighted by atomic mass is 9.74. The first-order valence-electron chi connectivity index (χ1n) is 24.1. The Morgan fingerprint density at radius 2 is 1.05 bits per heavy atom. The SMILES string of the molecule is CCCCCCCCCCCCOCCOCCOC(=O)C(C)(C)CC(CC(C#N)CC(C)(CC)C(=O)OCc1ccccc1)C(=O)OCCCCCCCCCCCC. The third kappa shape index (κ3) is 27.1. The average molecular weight is 842 g/mol. The van der Waals surface area contributed by atoms with Gasteiger partial charge in [0, 0.05) is 12.5 Å². The van der Waals surface area contributed by atoms with Crippen LogP contribution in [-0.4, -0.2) is 57.5 Å². The molecule has 1 aromatic carbocycles. The molecule has 0 spiro atoms. The molecule has 0 heterocycles. The van der Waals surface area contributed by atoms with E-state index in [0.29, 0.717) is 26.2 Å². The van der Waals surface area contributed by atoms with Crippen LogP contribution in [0.5, 0.6) is 0 Å². The largest absolute Gasteiger partial charge is 0.465 e. The van der Waals surface area contributed by atoms with E-state index in [-0.39, 0.29) is 45.1 Å². The summed E-state index contributed by atoms with van der Waals surface area (Å²) in [5, 5.41) is 10.3. The van der Waals surface area contributed by atoms with Crippen molar-refractivity contribution in [2.75, 3.05) is 39.6 Å². The summed E-state index contributed by atoms with van der Waals surface area (Å²) in [6.07, 6.45) is 25.6. The molecule has 0 aliphatic heterocycles. The van der Waals surface area contributed by atoms with E-state index in [1.54, 1.807) is 13.8 Å². The quantitative estimate of drug-likeness (QED) is 0.0361. The molecule has 60 heavy (non-hydrogen) atoms. The van der Waals surface area contributed by atoms with Crippen molar-refractivity contribution in [1.29, 1.82) is 5.26 Å². The molecular weight excluding hydrogens is 755 g/mol. The van der Waals surface area contributed by atoms with Gasteiger partial charge in [0.2, 0.25) is 0 Å². The Morgan fingerprint density at radius 1 is 0.567 bits per heavy atom. The Kier molecular flexibility index (Phi) is 32.7. The number of hydrogen-bond donors (Lipinski definition) is 0. The van der Waals surface area contributed by atoms with Crippen molar-refractivity contribution in [3.05, 3.63) is 35.9 Å². The number of esters is 3. The van der Waals surface area contributed by atoms with Crippen LogP contribution < -0.4 is 0 Å². The summed E-state index contributed by atoms with van der Waals surface area (Å²) in [6, 6.07) is 11.9. The normalized spacial score (nSPS) is 13.6. The number of nitriles is 1. The van der Waals surface area contributed by atoms with Crippen molar-refractivity contribution in [2.45, 2.75) is 202 Å². The minimum absolute atomic E-state index is 0.0926. The minimum Gasteiger partial charge on any atom is -0.465 e. The second kappa shape index (κ2) is 35.6.